The van der Waals surface area contributed by atoms with Gasteiger partial charge in [0, 0.05) is 12.8 Å². The van der Waals surface area contributed by atoms with Crippen LogP contribution in [0.3, 0.4) is 0 Å². The quantitative estimate of drug-likeness (QED) is 0.218. The lowest BCUT2D eigenvalue weighted by Crippen LogP contribution is -2.15. The predicted octanol–water partition coefficient (Wildman–Crippen LogP) is 5.90. The highest BCUT2D eigenvalue weighted by atomic mass is 16.5. The lowest BCUT2D eigenvalue weighted by Gasteiger charge is -2.12. The van der Waals surface area contributed by atoms with Crippen LogP contribution in [0.5, 0.6) is 0 Å². The maximum Gasteiger partial charge on any atom is 0.306 e. The zero-order valence-corrected chi connectivity index (χ0v) is 17.4. The fourth-order valence-corrected chi connectivity index (χ4v) is 2.44. The smallest absolute Gasteiger partial charge is 0.306 e. The molecule has 0 rings (SSSR count). The third-order valence-electron chi connectivity index (χ3n) is 4.08. The summed E-state index contributed by atoms with van der Waals surface area (Å²) in [5.41, 5.74) is 2.54. The van der Waals surface area contributed by atoms with Crippen LogP contribution >= 0.6 is 0 Å². The van der Waals surface area contributed by atoms with Crippen LogP contribution in [-0.4, -0.2) is 24.6 Å². The van der Waals surface area contributed by atoms with E-state index in [0.29, 0.717) is 13.0 Å². The van der Waals surface area contributed by atoms with Crippen LogP contribution in [0, 0.1) is 0 Å². The average molecular weight is 367 g/mol. The number of hydrogen-bond donors (Lipinski definition) is 0. The summed E-state index contributed by atoms with van der Waals surface area (Å²) >= 11 is 0. The topological polar surface area (TPSA) is 52.6 Å². The van der Waals surface area contributed by atoms with Crippen LogP contribution in [0.1, 0.15) is 92.4 Å². The van der Waals surface area contributed by atoms with E-state index in [1.165, 1.54) is 11.1 Å². The molecule has 150 valence electrons. The van der Waals surface area contributed by atoms with Crippen LogP contribution in [-0.2, 0) is 19.1 Å². The van der Waals surface area contributed by atoms with Gasteiger partial charge >= 0.3 is 11.9 Å². The molecule has 1 unspecified atom stereocenters. The van der Waals surface area contributed by atoms with Crippen molar-refractivity contribution in [2.24, 2.45) is 0 Å². The Labute approximate surface area is 160 Å². The maximum atomic E-state index is 11.7. The standard InChI is InChI=1S/C22H38O4/c1-6-7-8-13-20(5)26-22(24)15-10-14-21(23)25-17-16-19(4)12-9-11-18(2)3/h11,16,20H,6-10,12-15,17H2,1-5H3/b19-16+. The number of allylic oxidation sites excluding steroid dienone is 3. The van der Waals surface area contributed by atoms with Gasteiger partial charge in [-0.3, -0.25) is 9.59 Å². The summed E-state index contributed by atoms with van der Waals surface area (Å²) in [4.78, 5) is 23.4. The van der Waals surface area contributed by atoms with E-state index in [9.17, 15) is 9.59 Å². The van der Waals surface area contributed by atoms with E-state index in [1.807, 2.05) is 19.9 Å². The highest BCUT2D eigenvalue weighted by Crippen LogP contribution is 2.09. The van der Waals surface area contributed by atoms with Gasteiger partial charge in [0.1, 0.15) is 6.61 Å². The number of ether oxygens (including phenoxy) is 2. The molecule has 0 saturated carbocycles. The fraction of sp³-hybridized carbons (Fsp3) is 0.727. The van der Waals surface area contributed by atoms with E-state index < -0.39 is 0 Å². The largest absolute Gasteiger partial charge is 0.463 e. The Morgan fingerprint density at radius 3 is 2.27 bits per heavy atom. The number of esters is 2. The monoisotopic (exact) mass is 366 g/mol. The van der Waals surface area contributed by atoms with Gasteiger partial charge in [0.15, 0.2) is 0 Å². The lowest BCUT2D eigenvalue weighted by molar-refractivity contribution is -0.149. The second-order valence-electron chi connectivity index (χ2n) is 7.20. The molecule has 0 bridgehead atoms. The summed E-state index contributed by atoms with van der Waals surface area (Å²) in [6.45, 7) is 10.6. The van der Waals surface area contributed by atoms with Gasteiger partial charge in [-0.05, 0) is 65.9 Å². The zero-order valence-electron chi connectivity index (χ0n) is 17.4. The summed E-state index contributed by atoms with van der Waals surface area (Å²) in [6.07, 6.45) is 11.4. The molecule has 0 spiro atoms. The first kappa shape index (κ1) is 24.4. The first-order chi connectivity index (χ1) is 12.3. The summed E-state index contributed by atoms with van der Waals surface area (Å²) in [5, 5.41) is 0. The third-order valence-corrected chi connectivity index (χ3v) is 4.08. The van der Waals surface area contributed by atoms with Crippen molar-refractivity contribution in [3.63, 3.8) is 0 Å². The average Bonchev–Trinajstić information content (AvgIpc) is 2.54. The van der Waals surface area contributed by atoms with Crippen molar-refractivity contribution in [3.8, 4) is 0 Å². The van der Waals surface area contributed by atoms with Crippen LogP contribution in [0.4, 0.5) is 0 Å². The van der Waals surface area contributed by atoms with Crippen molar-refractivity contribution < 1.29 is 19.1 Å². The minimum absolute atomic E-state index is 0.0412. The molecule has 1 atom stereocenters. The highest BCUT2D eigenvalue weighted by molar-refractivity contribution is 5.72. The van der Waals surface area contributed by atoms with Crippen molar-refractivity contribution in [1.82, 2.24) is 0 Å². The summed E-state index contributed by atoms with van der Waals surface area (Å²) in [6, 6.07) is 0. The Bertz CT molecular complexity index is 459. The van der Waals surface area contributed by atoms with Crippen molar-refractivity contribution in [2.45, 2.75) is 98.5 Å². The van der Waals surface area contributed by atoms with E-state index in [4.69, 9.17) is 9.47 Å². The molecule has 0 aliphatic rings. The van der Waals surface area contributed by atoms with Crippen LogP contribution in [0.2, 0.25) is 0 Å². The minimum Gasteiger partial charge on any atom is -0.463 e. The number of hydrogen-bond acceptors (Lipinski definition) is 4. The summed E-state index contributed by atoms with van der Waals surface area (Å²) in [5.74, 6) is -0.487. The van der Waals surface area contributed by atoms with Gasteiger partial charge in [-0.15, -0.1) is 0 Å². The Morgan fingerprint density at radius 2 is 1.62 bits per heavy atom. The molecule has 0 heterocycles. The molecule has 0 fully saturated rings. The first-order valence-corrected chi connectivity index (χ1v) is 9.99. The predicted molar refractivity (Wildman–Crippen MR) is 107 cm³/mol. The molecule has 0 amide bonds. The van der Waals surface area contributed by atoms with E-state index in [-0.39, 0.29) is 30.9 Å². The van der Waals surface area contributed by atoms with Gasteiger partial charge < -0.3 is 9.47 Å². The van der Waals surface area contributed by atoms with Gasteiger partial charge in [-0.2, -0.15) is 0 Å². The number of carbonyl (C=O) groups is 2. The summed E-state index contributed by atoms with van der Waals surface area (Å²) < 4.78 is 10.5. The Morgan fingerprint density at radius 1 is 0.923 bits per heavy atom. The van der Waals surface area contributed by atoms with E-state index in [1.54, 1.807) is 0 Å². The molecule has 0 N–H and O–H groups in total. The van der Waals surface area contributed by atoms with Gasteiger partial charge in [0.2, 0.25) is 0 Å². The summed E-state index contributed by atoms with van der Waals surface area (Å²) in [7, 11) is 0. The van der Waals surface area contributed by atoms with Gasteiger partial charge in [0.25, 0.3) is 0 Å². The molecular weight excluding hydrogens is 328 g/mol. The van der Waals surface area contributed by atoms with Gasteiger partial charge in [-0.25, -0.2) is 0 Å². The third kappa shape index (κ3) is 15.9. The molecule has 4 nitrogen and oxygen atoms in total. The number of carbonyl (C=O) groups excluding carboxylic acids is 2. The van der Waals surface area contributed by atoms with Crippen molar-refractivity contribution >= 4 is 11.9 Å². The fourth-order valence-electron chi connectivity index (χ4n) is 2.44. The van der Waals surface area contributed by atoms with E-state index >= 15 is 0 Å². The molecule has 0 saturated heterocycles. The van der Waals surface area contributed by atoms with Crippen LogP contribution in [0.15, 0.2) is 23.3 Å². The minimum atomic E-state index is -0.262. The Balaban J connectivity index is 3.78. The Hall–Kier alpha value is -1.58. The molecule has 4 heteroatoms. The second-order valence-corrected chi connectivity index (χ2v) is 7.20. The SMILES string of the molecule is CCCCCC(C)OC(=O)CCCC(=O)OC/C=C(\C)CCC=C(C)C. The molecule has 0 aromatic carbocycles. The maximum absolute atomic E-state index is 11.7. The lowest BCUT2D eigenvalue weighted by atomic mass is 10.1. The van der Waals surface area contributed by atoms with E-state index in [2.05, 4.69) is 26.8 Å². The van der Waals surface area contributed by atoms with Gasteiger partial charge in [-0.1, -0.05) is 37.0 Å². The van der Waals surface area contributed by atoms with Gasteiger partial charge in [0.05, 0.1) is 6.10 Å². The molecule has 0 aromatic heterocycles. The highest BCUT2D eigenvalue weighted by Gasteiger charge is 2.10. The van der Waals surface area contributed by atoms with Crippen LogP contribution in [0.25, 0.3) is 0 Å². The molecule has 0 aliphatic heterocycles. The number of unbranched alkanes of at least 4 members (excludes halogenated alkanes) is 2. The molecule has 0 aromatic rings. The van der Waals surface area contributed by atoms with Crippen LogP contribution < -0.4 is 0 Å². The molecule has 26 heavy (non-hydrogen) atoms. The molecular formula is C22H38O4. The first-order valence-electron chi connectivity index (χ1n) is 9.99. The Kier molecular flexibility index (Phi) is 14.7. The molecule has 0 radical (unpaired) electrons. The number of rotatable bonds is 14. The second kappa shape index (κ2) is 15.7. The molecule has 0 aliphatic carbocycles. The van der Waals surface area contributed by atoms with Crippen molar-refractivity contribution in [2.75, 3.05) is 6.61 Å². The zero-order chi connectivity index (χ0) is 19.8. The van der Waals surface area contributed by atoms with Crippen molar-refractivity contribution in [1.29, 1.82) is 0 Å². The normalized spacial score (nSPS) is 12.4. The van der Waals surface area contributed by atoms with Crippen molar-refractivity contribution in [3.05, 3.63) is 23.3 Å². The van der Waals surface area contributed by atoms with E-state index in [0.717, 1.165) is 38.5 Å².